The first kappa shape index (κ1) is 15.8. The maximum atomic E-state index is 11.9. The number of fused-ring (bicyclic) bond motifs is 3. The number of carboxylic acid groups (broad SMARTS) is 1. The summed E-state index contributed by atoms with van der Waals surface area (Å²) >= 11 is 0. The van der Waals surface area contributed by atoms with Gasteiger partial charge in [-0.3, -0.25) is 4.79 Å². The molecule has 0 bridgehead atoms. The molecule has 4 atom stereocenters. The minimum atomic E-state index is -0.588. The van der Waals surface area contributed by atoms with Crippen molar-refractivity contribution in [1.29, 1.82) is 0 Å². The Morgan fingerprint density at radius 3 is 2.68 bits per heavy atom. The zero-order chi connectivity index (χ0) is 16.1. The van der Waals surface area contributed by atoms with Crippen LogP contribution in [0.15, 0.2) is 23.3 Å². The molecule has 2 nitrogen and oxygen atoms in total. The highest BCUT2D eigenvalue weighted by Crippen LogP contribution is 2.62. The minimum absolute atomic E-state index is 0.161. The fourth-order valence-corrected chi connectivity index (χ4v) is 5.60. The van der Waals surface area contributed by atoms with Crippen LogP contribution in [0.2, 0.25) is 0 Å². The SMILES string of the molecule is CC(C)C1=CC2=CC[C@@H]3C(C)(CCC[C@@]3(C)C(=O)O)[C@H]2CC1. The van der Waals surface area contributed by atoms with Crippen LogP contribution < -0.4 is 0 Å². The van der Waals surface area contributed by atoms with Crippen LogP contribution in [-0.2, 0) is 4.79 Å². The number of rotatable bonds is 2. The molecule has 0 aromatic heterocycles. The molecule has 22 heavy (non-hydrogen) atoms. The lowest BCUT2D eigenvalue weighted by Crippen LogP contribution is -2.53. The summed E-state index contributed by atoms with van der Waals surface area (Å²) in [6.07, 6.45) is 11.2. The minimum Gasteiger partial charge on any atom is -0.481 e. The van der Waals surface area contributed by atoms with Crippen LogP contribution in [0.4, 0.5) is 0 Å². The molecule has 0 saturated heterocycles. The van der Waals surface area contributed by atoms with Gasteiger partial charge in [0.1, 0.15) is 0 Å². The molecule has 0 heterocycles. The smallest absolute Gasteiger partial charge is 0.309 e. The fourth-order valence-electron chi connectivity index (χ4n) is 5.60. The van der Waals surface area contributed by atoms with Gasteiger partial charge in [0.15, 0.2) is 0 Å². The Hall–Kier alpha value is -1.05. The molecule has 3 rings (SSSR count). The highest BCUT2D eigenvalue weighted by Gasteiger charge is 2.57. The van der Waals surface area contributed by atoms with Crippen LogP contribution in [0.5, 0.6) is 0 Å². The Kier molecular flexibility index (Phi) is 3.78. The van der Waals surface area contributed by atoms with Gasteiger partial charge in [-0.25, -0.2) is 0 Å². The highest BCUT2D eigenvalue weighted by atomic mass is 16.4. The molecule has 1 N–H and O–H groups in total. The van der Waals surface area contributed by atoms with Crippen LogP contribution in [0, 0.1) is 28.6 Å². The van der Waals surface area contributed by atoms with E-state index in [4.69, 9.17) is 0 Å². The third kappa shape index (κ3) is 2.18. The van der Waals surface area contributed by atoms with Crippen molar-refractivity contribution in [3.8, 4) is 0 Å². The molecule has 3 aliphatic rings. The first-order chi connectivity index (χ1) is 10.3. The Morgan fingerprint density at radius 2 is 2.05 bits per heavy atom. The molecule has 0 spiro atoms. The van der Waals surface area contributed by atoms with Crippen LogP contribution in [0.25, 0.3) is 0 Å². The van der Waals surface area contributed by atoms with E-state index < -0.39 is 11.4 Å². The molecule has 0 aliphatic heterocycles. The molecule has 3 aliphatic carbocycles. The van der Waals surface area contributed by atoms with Gasteiger partial charge in [-0.05, 0) is 67.8 Å². The Labute approximate surface area is 134 Å². The second kappa shape index (κ2) is 5.25. The fraction of sp³-hybridized carbons (Fsp3) is 0.750. The summed E-state index contributed by atoms with van der Waals surface area (Å²) in [5.74, 6) is 0.888. The summed E-state index contributed by atoms with van der Waals surface area (Å²) in [5.41, 5.74) is 2.69. The van der Waals surface area contributed by atoms with Crippen molar-refractivity contribution in [2.24, 2.45) is 28.6 Å². The third-order valence-corrected chi connectivity index (χ3v) is 7.07. The van der Waals surface area contributed by atoms with E-state index in [1.54, 1.807) is 5.57 Å². The highest BCUT2D eigenvalue weighted by molar-refractivity contribution is 5.75. The summed E-state index contributed by atoms with van der Waals surface area (Å²) in [5, 5.41) is 9.83. The molecule has 0 radical (unpaired) electrons. The van der Waals surface area contributed by atoms with Gasteiger partial charge in [0.25, 0.3) is 0 Å². The van der Waals surface area contributed by atoms with Gasteiger partial charge in [0.05, 0.1) is 5.41 Å². The van der Waals surface area contributed by atoms with Gasteiger partial charge < -0.3 is 5.11 Å². The average Bonchev–Trinajstić information content (AvgIpc) is 2.46. The van der Waals surface area contributed by atoms with Crippen molar-refractivity contribution in [2.75, 3.05) is 0 Å². The first-order valence-corrected chi connectivity index (χ1v) is 8.93. The zero-order valence-corrected chi connectivity index (χ0v) is 14.5. The van der Waals surface area contributed by atoms with Gasteiger partial charge in [-0.1, -0.05) is 44.9 Å². The van der Waals surface area contributed by atoms with Gasteiger partial charge in [-0.2, -0.15) is 0 Å². The standard InChI is InChI=1S/C20H30O2/c1-13(2)14-6-8-16-15(12-14)7-9-17-19(16,3)10-5-11-20(17,4)18(21)22/h7,12-13,16-17H,5-6,8-11H2,1-4H3,(H,21,22)/t16-,17+,19?,20+/m0/s1. The number of hydrogen-bond acceptors (Lipinski definition) is 1. The van der Waals surface area contributed by atoms with Gasteiger partial charge in [-0.15, -0.1) is 0 Å². The topological polar surface area (TPSA) is 37.3 Å². The number of aliphatic carboxylic acids is 1. The van der Waals surface area contributed by atoms with E-state index in [2.05, 4.69) is 32.9 Å². The quantitative estimate of drug-likeness (QED) is 0.760. The maximum Gasteiger partial charge on any atom is 0.309 e. The van der Waals surface area contributed by atoms with E-state index in [0.717, 1.165) is 19.3 Å². The van der Waals surface area contributed by atoms with Crippen LogP contribution in [-0.4, -0.2) is 11.1 Å². The molecule has 0 aromatic carbocycles. The monoisotopic (exact) mass is 302 g/mol. The Morgan fingerprint density at radius 1 is 1.32 bits per heavy atom. The molecule has 0 aromatic rings. The van der Waals surface area contributed by atoms with Gasteiger partial charge in [0.2, 0.25) is 0 Å². The van der Waals surface area contributed by atoms with E-state index in [9.17, 15) is 9.90 Å². The predicted molar refractivity (Wildman–Crippen MR) is 89.5 cm³/mol. The van der Waals surface area contributed by atoms with E-state index in [0.29, 0.717) is 11.8 Å². The first-order valence-electron chi connectivity index (χ1n) is 8.93. The maximum absolute atomic E-state index is 11.9. The Bertz CT molecular complexity index is 542. The number of carbonyl (C=O) groups is 1. The molecule has 2 heteroatoms. The molecule has 1 unspecified atom stereocenters. The summed E-state index contributed by atoms with van der Waals surface area (Å²) in [4.78, 5) is 11.9. The van der Waals surface area contributed by atoms with Gasteiger partial charge >= 0.3 is 5.97 Å². The Balaban J connectivity index is 2.00. The van der Waals surface area contributed by atoms with Crippen molar-refractivity contribution in [2.45, 2.75) is 66.2 Å². The molecule has 1 fully saturated rings. The lowest BCUT2D eigenvalue weighted by atomic mass is 9.47. The molecule has 0 amide bonds. The van der Waals surface area contributed by atoms with Crippen molar-refractivity contribution in [3.63, 3.8) is 0 Å². The summed E-state index contributed by atoms with van der Waals surface area (Å²) in [6, 6.07) is 0. The third-order valence-electron chi connectivity index (χ3n) is 7.07. The second-order valence-corrected chi connectivity index (χ2v) is 8.54. The van der Waals surface area contributed by atoms with Crippen LogP contribution in [0.3, 0.4) is 0 Å². The largest absolute Gasteiger partial charge is 0.481 e. The summed E-state index contributed by atoms with van der Waals surface area (Å²) < 4.78 is 0. The predicted octanol–water partition coefficient (Wildman–Crippen LogP) is 5.21. The zero-order valence-electron chi connectivity index (χ0n) is 14.5. The average molecular weight is 302 g/mol. The summed E-state index contributed by atoms with van der Waals surface area (Å²) in [7, 11) is 0. The van der Waals surface area contributed by atoms with E-state index >= 15 is 0 Å². The van der Waals surface area contributed by atoms with E-state index in [1.165, 1.54) is 24.8 Å². The number of carboxylic acids is 1. The van der Waals surface area contributed by atoms with Crippen molar-refractivity contribution in [3.05, 3.63) is 23.3 Å². The molecule has 1 saturated carbocycles. The lowest BCUT2D eigenvalue weighted by molar-refractivity contribution is -0.162. The van der Waals surface area contributed by atoms with Crippen molar-refractivity contribution >= 4 is 5.97 Å². The van der Waals surface area contributed by atoms with Crippen LogP contribution in [0.1, 0.15) is 66.2 Å². The molecular weight excluding hydrogens is 272 g/mol. The van der Waals surface area contributed by atoms with Crippen molar-refractivity contribution in [1.82, 2.24) is 0 Å². The van der Waals surface area contributed by atoms with E-state index in [1.807, 2.05) is 6.92 Å². The molecule has 122 valence electrons. The van der Waals surface area contributed by atoms with Crippen molar-refractivity contribution < 1.29 is 9.90 Å². The number of hydrogen-bond donors (Lipinski definition) is 1. The normalized spacial score (nSPS) is 41.3. The van der Waals surface area contributed by atoms with Crippen LogP contribution >= 0.6 is 0 Å². The number of allylic oxidation sites excluding steroid dienone is 4. The summed E-state index contributed by atoms with van der Waals surface area (Å²) in [6.45, 7) is 8.93. The lowest BCUT2D eigenvalue weighted by Gasteiger charge is -2.57. The molecular formula is C20H30O2. The van der Waals surface area contributed by atoms with E-state index in [-0.39, 0.29) is 11.3 Å². The second-order valence-electron chi connectivity index (χ2n) is 8.54. The van der Waals surface area contributed by atoms with Gasteiger partial charge in [0, 0.05) is 0 Å².